The molecule has 254 valence electrons. The lowest BCUT2D eigenvalue weighted by Gasteiger charge is -2.46. The summed E-state index contributed by atoms with van der Waals surface area (Å²) < 4.78 is 38.6. The highest BCUT2D eigenvalue weighted by molar-refractivity contribution is 5.87. The van der Waals surface area contributed by atoms with Crippen LogP contribution in [0.3, 0.4) is 0 Å². The van der Waals surface area contributed by atoms with Gasteiger partial charge in [-0.2, -0.15) is 0 Å². The molecule has 2 fully saturated rings. The van der Waals surface area contributed by atoms with Gasteiger partial charge >= 0.3 is 5.97 Å². The summed E-state index contributed by atoms with van der Waals surface area (Å²) in [6.45, 7) is 0.712. The molecule has 2 aliphatic rings. The highest BCUT2D eigenvalue weighted by Crippen LogP contribution is 2.32. The second-order valence-corrected chi connectivity index (χ2v) is 10.8. The molecule has 7 N–H and O–H groups in total. The quantitative estimate of drug-likeness (QED) is 0.114. The lowest BCUT2D eigenvalue weighted by molar-refractivity contribution is -0.357. The molecular formula is C31H40O15. The second-order valence-electron chi connectivity index (χ2n) is 10.8. The number of aromatic hydroxyl groups is 2. The summed E-state index contributed by atoms with van der Waals surface area (Å²) in [5.74, 6) is -0.625. The van der Waals surface area contributed by atoms with Crippen molar-refractivity contribution in [3.05, 3.63) is 53.6 Å². The third-order valence-electron chi connectivity index (χ3n) is 7.68. The predicted octanol–water partition coefficient (Wildman–Crippen LogP) is -0.410. The molecule has 15 heteroatoms. The van der Waals surface area contributed by atoms with Crippen molar-refractivity contribution in [1.29, 1.82) is 0 Å². The van der Waals surface area contributed by atoms with Crippen LogP contribution in [0.15, 0.2) is 42.5 Å². The van der Waals surface area contributed by atoms with E-state index in [-0.39, 0.29) is 30.3 Å². The Morgan fingerprint density at radius 2 is 1.59 bits per heavy atom. The standard InChI is InChI=1S/C31H40O15/c1-15-24(36)25(37)26(38)31(43-15)46-29-27(39)30(42-11-10-17-5-8-20(40-2)19(34)12-17)44-22(14-32)28(29)45-23(35)9-6-16-4-7-18(33)21(13-16)41-3/h4-9,12-13,15,22,24-34,36-39H,10-11,14H2,1-3H3/b9-6+/t15-,22+,24-,25+,26+,27+,28+,29+,30+,31-/m0/s1. The molecule has 2 aromatic rings. The molecule has 0 saturated carbocycles. The zero-order valence-corrected chi connectivity index (χ0v) is 25.4. The maximum Gasteiger partial charge on any atom is 0.331 e. The molecule has 0 aromatic heterocycles. The average Bonchev–Trinajstić information content (AvgIpc) is 3.04. The molecule has 2 saturated heterocycles. The molecule has 10 atom stereocenters. The highest BCUT2D eigenvalue weighted by Gasteiger charge is 2.52. The van der Waals surface area contributed by atoms with E-state index in [4.69, 9.17) is 33.2 Å². The molecule has 0 unspecified atom stereocenters. The monoisotopic (exact) mass is 652 g/mol. The van der Waals surface area contributed by atoms with Gasteiger partial charge < -0.3 is 68.9 Å². The van der Waals surface area contributed by atoms with Crippen molar-refractivity contribution in [3.8, 4) is 23.0 Å². The molecule has 2 aliphatic heterocycles. The molecule has 4 rings (SSSR count). The van der Waals surface area contributed by atoms with Gasteiger partial charge in [0.15, 0.2) is 41.7 Å². The number of aliphatic hydroxyl groups excluding tert-OH is 5. The van der Waals surface area contributed by atoms with Gasteiger partial charge in [-0.25, -0.2) is 4.79 Å². The number of phenolic OH excluding ortho intramolecular Hbond substituents is 2. The van der Waals surface area contributed by atoms with E-state index in [1.54, 1.807) is 12.1 Å². The molecule has 0 spiro atoms. The summed E-state index contributed by atoms with van der Waals surface area (Å²) in [7, 11) is 2.79. The van der Waals surface area contributed by atoms with Crippen molar-refractivity contribution in [1.82, 2.24) is 0 Å². The first-order valence-corrected chi connectivity index (χ1v) is 14.5. The van der Waals surface area contributed by atoms with E-state index in [0.29, 0.717) is 16.9 Å². The molecule has 46 heavy (non-hydrogen) atoms. The summed E-state index contributed by atoms with van der Waals surface area (Å²) in [6, 6.07) is 9.16. The van der Waals surface area contributed by atoms with Crippen LogP contribution in [0.4, 0.5) is 0 Å². The van der Waals surface area contributed by atoms with E-state index < -0.39 is 74.0 Å². The lowest BCUT2D eigenvalue weighted by Crippen LogP contribution is -2.65. The van der Waals surface area contributed by atoms with Crippen LogP contribution in [0.25, 0.3) is 6.08 Å². The van der Waals surface area contributed by atoms with Gasteiger partial charge in [0.25, 0.3) is 0 Å². The number of carbonyl (C=O) groups excluding carboxylic acids is 1. The largest absolute Gasteiger partial charge is 0.504 e. The van der Waals surface area contributed by atoms with Crippen molar-refractivity contribution in [2.45, 2.75) is 74.8 Å². The van der Waals surface area contributed by atoms with Gasteiger partial charge in [0, 0.05) is 6.08 Å². The molecule has 0 amide bonds. The van der Waals surface area contributed by atoms with Gasteiger partial charge in [-0.15, -0.1) is 0 Å². The van der Waals surface area contributed by atoms with E-state index in [9.17, 15) is 40.5 Å². The third kappa shape index (κ3) is 8.25. The number of ether oxygens (including phenoxy) is 7. The molecule has 15 nitrogen and oxygen atoms in total. The topological polar surface area (TPSA) is 223 Å². The zero-order chi connectivity index (χ0) is 33.5. The van der Waals surface area contributed by atoms with Crippen molar-refractivity contribution >= 4 is 12.0 Å². The fourth-order valence-corrected chi connectivity index (χ4v) is 5.08. The van der Waals surface area contributed by atoms with Crippen LogP contribution in [-0.2, 0) is 34.9 Å². The Morgan fingerprint density at radius 1 is 0.848 bits per heavy atom. The van der Waals surface area contributed by atoms with Gasteiger partial charge in [0.2, 0.25) is 0 Å². The van der Waals surface area contributed by atoms with Crippen LogP contribution < -0.4 is 9.47 Å². The van der Waals surface area contributed by atoms with E-state index in [1.807, 2.05) is 0 Å². The Bertz CT molecular complexity index is 1340. The van der Waals surface area contributed by atoms with Gasteiger partial charge in [0.05, 0.1) is 33.5 Å². The average molecular weight is 653 g/mol. The van der Waals surface area contributed by atoms with Crippen LogP contribution in [0.5, 0.6) is 23.0 Å². The number of phenols is 2. The first-order valence-electron chi connectivity index (χ1n) is 14.5. The van der Waals surface area contributed by atoms with Crippen molar-refractivity contribution in [2.24, 2.45) is 0 Å². The number of carbonyl (C=O) groups is 1. The highest BCUT2D eigenvalue weighted by atomic mass is 16.7. The summed E-state index contributed by atoms with van der Waals surface area (Å²) in [5, 5.41) is 72.3. The summed E-state index contributed by atoms with van der Waals surface area (Å²) >= 11 is 0. The SMILES string of the molecule is COc1ccc(CCO[C@@H]2O[C@H](CO)[C@@H](OC(=O)/C=C/c3ccc(O)c(OC)c3)[C@H](O[C@@H]3O[C@@H](C)[C@H](O)[C@@H](O)[C@H]3O)[C@H]2O)cc1O. The normalized spacial score (nSPS) is 31.5. The molecule has 2 aromatic carbocycles. The smallest absolute Gasteiger partial charge is 0.331 e. The van der Waals surface area contributed by atoms with Crippen molar-refractivity contribution in [2.75, 3.05) is 27.4 Å². The van der Waals surface area contributed by atoms with Crippen LogP contribution in [-0.4, -0.2) is 131 Å². The Labute approximate surface area is 264 Å². The third-order valence-corrected chi connectivity index (χ3v) is 7.68. The van der Waals surface area contributed by atoms with E-state index >= 15 is 0 Å². The first kappa shape index (κ1) is 35.3. The van der Waals surface area contributed by atoms with E-state index in [1.165, 1.54) is 51.5 Å². The molecular weight excluding hydrogens is 612 g/mol. The van der Waals surface area contributed by atoms with Crippen molar-refractivity contribution in [3.63, 3.8) is 0 Å². The molecule has 0 bridgehead atoms. The fraction of sp³-hybridized carbons (Fsp3) is 0.516. The lowest BCUT2D eigenvalue weighted by atomic mass is 9.97. The van der Waals surface area contributed by atoms with Gasteiger partial charge in [-0.3, -0.25) is 0 Å². The number of aliphatic hydroxyl groups is 5. The summed E-state index contributed by atoms with van der Waals surface area (Å²) in [4.78, 5) is 12.9. The fourth-order valence-electron chi connectivity index (χ4n) is 5.08. The second kappa shape index (κ2) is 15.9. The number of benzene rings is 2. The molecule has 0 aliphatic carbocycles. The minimum absolute atomic E-state index is 0.0217. The zero-order valence-electron chi connectivity index (χ0n) is 25.4. The minimum atomic E-state index is -1.75. The molecule has 2 heterocycles. The van der Waals surface area contributed by atoms with Crippen LogP contribution in [0.1, 0.15) is 18.1 Å². The number of esters is 1. The predicted molar refractivity (Wildman–Crippen MR) is 157 cm³/mol. The number of hydrogen-bond donors (Lipinski definition) is 7. The Kier molecular flexibility index (Phi) is 12.2. The van der Waals surface area contributed by atoms with Crippen molar-refractivity contribution < 1.29 is 73.7 Å². The number of hydrogen-bond acceptors (Lipinski definition) is 15. The first-order chi connectivity index (χ1) is 22.0. The maximum atomic E-state index is 12.9. The number of rotatable bonds is 12. The maximum absolute atomic E-state index is 12.9. The van der Waals surface area contributed by atoms with Crippen LogP contribution in [0, 0.1) is 0 Å². The van der Waals surface area contributed by atoms with Gasteiger partial charge in [-0.05, 0) is 54.8 Å². The summed E-state index contributed by atoms with van der Waals surface area (Å²) in [6.07, 6.45) is -12.1. The van der Waals surface area contributed by atoms with Crippen LogP contribution >= 0.6 is 0 Å². The Balaban J connectivity index is 1.52. The number of methoxy groups -OCH3 is 2. The Morgan fingerprint density at radius 3 is 2.26 bits per heavy atom. The Hall–Kier alpha value is -3.51. The van der Waals surface area contributed by atoms with E-state index in [2.05, 4.69) is 0 Å². The summed E-state index contributed by atoms with van der Waals surface area (Å²) in [5.41, 5.74) is 1.16. The van der Waals surface area contributed by atoms with Gasteiger partial charge in [-0.1, -0.05) is 12.1 Å². The van der Waals surface area contributed by atoms with Gasteiger partial charge in [0.1, 0.15) is 36.6 Å². The molecule has 0 radical (unpaired) electrons. The van der Waals surface area contributed by atoms with Crippen LogP contribution in [0.2, 0.25) is 0 Å². The minimum Gasteiger partial charge on any atom is -0.504 e. The van der Waals surface area contributed by atoms with E-state index in [0.717, 1.165) is 6.08 Å².